The van der Waals surface area contributed by atoms with Crippen molar-refractivity contribution in [3.05, 3.63) is 94.7 Å². The zero-order chi connectivity index (χ0) is 29.1. The molecule has 0 radical (unpaired) electrons. The molecule has 0 atom stereocenters. The van der Waals surface area contributed by atoms with Crippen LogP contribution in [-0.2, 0) is 11.3 Å². The molecule has 2 amide bonds. The molecular weight excluding hydrogens is 507 g/mol. The molecule has 1 aliphatic heterocycles. The van der Waals surface area contributed by atoms with Crippen LogP contribution in [0.15, 0.2) is 71.6 Å². The van der Waals surface area contributed by atoms with Crippen LogP contribution in [0.25, 0.3) is 5.70 Å². The van der Waals surface area contributed by atoms with E-state index in [4.69, 9.17) is 0 Å². The van der Waals surface area contributed by atoms with Crippen LogP contribution in [-0.4, -0.2) is 73.5 Å². The predicted octanol–water partition coefficient (Wildman–Crippen LogP) is 4.62. The topological polar surface area (TPSA) is 80.3 Å². The lowest BCUT2D eigenvalue weighted by atomic mass is 10.0. The molecular formula is C31H39FN6O2. The van der Waals surface area contributed by atoms with Gasteiger partial charge in [0.05, 0.1) is 12.1 Å². The minimum atomic E-state index is -0.561. The number of aryl methyl sites for hydroxylation is 1. The van der Waals surface area contributed by atoms with Crippen LogP contribution in [0.5, 0.6) is 0 Å². The first-order valence-electron chi connectivity index (χ1n) is 13.4. The summed E-state index contributed by atoms with van der Waals surface area (Å²) in [6.45, 7) is 13.1. The number of amides is 2. The second kappa shape index (κ2) is 14.8. The van der Waals surface area contributed by atoms with E-state index in [9.17, 15) is 9.59 Å². The van der Waals surface area contributed by atoms with Crippen LogP contribution in [0.2, 0.25) is 0 Å². The fourth-order valence-electron chi connectivity index (χ4n) is 4.35. The van der Waals surface area contributed by atoms with E-state index in [0.29, 0.717) is 38.3 Å². The van der Waals surface area contributed by atoms with Gasteiger partial charge in [-0.2, -0.15) is 0 Å². The normalized spacial score (nSPS) is 13.2. The van der Waals surface area contributed by atoms with Gasteiger partial charge in [0, 0.05) is 55.7 Å². The van der Waals surface area contributed by atoms with Crippen molar-refractivity contribution in [2.75, 3.05) is 45.1 Å². The van der Waals surface area contributed by atoms with Crippen LogP contribution >= 0.6 is 0 Å². The van der Waals surface area contributed by atoms with E-state index in [1.54, 1.807) is 17.2 Å². The van der Waals surface area contributed by atoms with Gasteiger partial charge in [-0.15, -0.1) is 0 Å². The van der Waals surface area contributed by atoms with Gasteiger partial charge in [-0.05, 0) is 87.3 Å². The third-order valence-electron chi connectivity index (χ3n) is 6.93. The summed E-state index contributed by atoms with van der Waals surface area (Å²) in [5.41, 5.74) is 5.48. The highest BCUT2D eigenvalue weighted by Gasteiger charge is 2.20. The number of nitrogens with zero attached hydrogens (tertiary/aromatic N) is 4. The van der Waals surface area contributed by atoms with Gasteiger partial charge in [0.1, 0.15) is 5.82 Å². The van der Waals surface area contributed by atoms with Crippen molar-refractivity contribution in [1.29, 1.82) is 0 Å². The predicted molar refractivity (Wildman–Crippen MR) is 160 cm³/mol. The fraction of sp³-hybridized carbons (Fsp3) is 0.323. The van der Waals surface area contributed by atoms with Crippen molar-refractivity contribution in [3.63, 3.8) is 0 Å². The minimum absolute atomic E-state index is 0.0622. The molecule has 2 aromatic rings. The van der Waals surface area contributed by atoms with E-state index in [-0.39, 0.29) is 11.5 Å². The number of hydrogen-bond acceptors (Lipinski definition) is 6. The Morgan fingerprint density at radius 3 is 2.62 bits per heavy atom. The Bertz CT molecular complexity index is 1300. The molecule has 0 aromatic heterocycles. The van der Waals surface area contributed by atoms with Crippen molar-refractivity contribution < 1.29 is 14.0 Å². The second-order valence-corrected chi connectivity index (χ2v) is 9.59. The van der Waals surface area contributed by atoms with Crippen LogP contribution in [0.1, 0.15) is 40.9 Å². The van der Waals surface area contributed by atoms with Crippen molar-refractivity contribution in [2.24, 2.45) is 4.99 Å². The summed E-state index contributed by atoms with van der Waals surface area (Å²) in [5, 5.41) is 6.00. The molecule has 2 N–H and O–H groups in total. The standard InChI is InChI=1S/C31H39FN6O2/c1-6-36(5)16-17-37(7-2)31(40)28-12-10-26(19-29(28)32)35-27-11-13-30(38(21-27)15-14-33-4)24-9-8-23(3)25(18-24)20-34-22-39/h8-15,18-19,22,35H,4,6-7,16-17,20-21H2,1-3,5H3,(H,34,39)/b15-14-. The number of hydrogen-bond donors (Lipinski definition) is 2. The maximum absolute atomic E-state index is 15.1. The van der Waals surface area contributed by atoms with Crippen LogP contribution in [0.4, 0.5) is 10.1 Å². The molecule has 0 saturated carbocycles. The molecule has 0 unspecified atom stereocenters. The van der Waals surface area contributed by atoms with Gasteiger partial charge in [-0.3, -0.25) is 14.6 Å². The van der Waals surface area contributed by atoms with E-state index in [2.05, 4.69) is 40.2 Å². The molecule has 0 spiro atoms. The number of nitrogens with one attached hydrogen (secondary N) is 2. The molecule has 0 aliphatic carbocycles. The maximum Gasteiger partial charge on any atom is 0.256 e. The SMILES string of the molecule is C=N/C=C\N1CC(Nc2ccc(C(=O)N(CC)CCN(C)CC)c(F)c2)=CC=C1c1ccc(C)c(CNC=O)c1. The van der Waals surface area contributed by atoms with Gasteiger partial charge in [0.2, 0.25) is 6.41 Å². The molecule has 9 heteroatoms. The first-order valence-corrected chi connectivity index (χ1v) is 13.4. The van der Waals surface area contributed by atoms with Crippen molar-refractivity contribution in [3.8, 4) is 0 Å². The fourth-order valence-corrected chi connectivity index (χ4v) is 4.35. The van der Waals surface area contributed by atoms with Gasteiger partial charge in [-0.1, -0.05) is 19.1 Å². The number of anilines is 1. The van der Waals surface area contributed by atoms with E-state index >= 15 is 4.39 Å². The summed E-state index contributed by atoms with van der Waals surface area (Å²) in [6, 6.07) is 10.7. The number of allylic oxidation sites excluding steroid dienone is 2. The molecule has 8 nitrogen and oxygen atoms in total. The highest BCUT2D eigenvalue weighted by Crippen LogP contribution is 2.28. The lowest BCUT2D eigenvalue weighted by Crippen LogP contribution is -2.37. The van der Waals surface area contributed by atoms with E-state index in [1.807, 2.05) is 56.3 Å². The summed E-state index contributed by atoms with van der Waals surface area (Å²) in [4.78, 5) is 33.4. The van der Waals surface area contributed by atoms with Crippen molar-refractivity contribution >= 4 is 30.4 Å². The number of aliphatic imine (C=N–C) groups is 1. The summed E-state index contributed by atoms with van der Waals surface area (Å²) >= 11 is 0. The average molecular weight is 547 g/mol. The lowest BCUT2D eigenvalue weighted by molar-refractivity contribution is -0.109. The molecule has 1 aliphatic rings. The largest absolute Gasteiger partial charge is 0.357 e. The molecule has 3 rings (SSSR count). The molecule has 1 heterocycles. The Morgan fingerprint density at radius 2 is 1.95 bits per heavy atom. The summed E-state index contributed by atoms with van der Waals surface area (Å²) < 4.78 is 15.1. The second-order valence-electron chi connectivity index (χ2n) is 9.59. The zero-order valence-electron chi connectivity index (χ0n) is 23.8. The summed E-state index contributed by atoms with van der Waals surface area (Å²) in [6.07, 6.45) is 8.05. The van der Waals surface area contributed by atoms with E-state index < -0.39 is 5.82 Å². The maximum atomic E-state index is 15.1. The first kappa shape index (κ1) is 30.3. The Morgan fingerprint density at radius 1 is 1.15 bits per heavy atom. The minimum Gasteiger partial charge on any atom is -0.357 e. The van der Waals surface area contributed by atoms with Gasteiger partial charge >= 0.3 is 0 Å². The van der Waals surface area contributed by atoms with E-state index in [0.717, 1.165) is 41.2 Å². The Balaban J connectivity index is 1.81. The Hall–Kier alpha value is -4.24. The monoisotopic (exact) mass is 546 g/mol. The summed E-state index contributed by atoms with van der Waals surface area (Å²) in [5.74, 6) is -0.872. The zero-order valence-corrected chi connectivity index (χ0v) is 23.8. The quantitative estimate of drug-likeness (QED) is 0.267. The van der Waals surface area contributed by atoms with Gasteiger partial charge in [-0.25, -0.2) is 4.39 Å². The summed E-state index contributed by atoms with van der Waals surface area (Å²) in [7, 11) is 1.99. The van der Waals surface area contributed by atoms with Gasteiger partial charge in [0.25, 0.3) is 5.91 Å². The molecule has 40 heavy (non-hydrogen) atoms. The molecule has 2 aromatic carbocycles. The van der Waals surface area contributed by atoms with Gasteiger partial charge in [0.15, 0.2) is 0 Å². The Labute approximate surface area is 236 Å². The number of rotatable bonds is 14. The van der Waals surface area contributed by atoms with Crippen LogP contribution in [0, 0.1) is 12.7 Å². The number of carbonyl (C=O) groups is 2. The smallest absolute Gasteiger partial charge is 0.256 e. The van der Waals surface area contributed by atoms with Crippen LogP contribution in [0.3, 0.4) is 0 Å². The average Bonchev–Trinajstić information content (AvgIpc) is 2.96. The highest BCUT2D eigenvalue weighted by molar-refractivity contribution is 5.95. The Kier molecular flexibility index (Phi) is 11.2. The third kappa shape index (κ3) is 7.89. The number of likely N-dealkylation sites (N-methyl/N-ethyl adjacent to an activating group) is 2. The van der Waals surface area contributed by atoms with Crippen molar-refractivity contribution in [1.82, 2.24) is 20.0 Å². The van der Waals surface area contributed by atoms with Crippen molar-refractivity contribution in [2.45, 2.75) is 27.3 Å². The highest BCUT2D eigenvalue weighted by atomic mass is 19.1. The van der Waals surface area contributed by atoms with E-state index in [1.165, 1.54) is 12.1 Å². The third-order valence-corrected chi connectivity index (χ3v) is 6.93. The molecule has 0 saturated heterocycles. The number of halogens is 1. The molecule has 0 fully saturated rings. The molecule has 212 valence electrons. The van der Waals surface area contributed by atoms with Gasteiger partial charge < -0.3 is 25.3 Å². The molecule has 0 bridgehead atoms. The number of carbonyl (C=O) groups excluding carboxylic acids is 2. The lowest BCUT2D eigenvalue weighted by Gasteiger charge is -2.29. The first-order chi connectivity index (χ1) is 19.3. The van der Waals surface area contributed by atoms with Crippen LogP contribution < -0.4 is 10.6 Å². The number of benzene rings is 2.